The van der Waals surface area contributed by atoms with E-state index in [0.717, 1.165) is 6.26 Å². The van der Waals surface area contributed by atoms with E-state index in [-0.39, 0.29) is 0 Å². The summed E-state index contributed by atoms with van der Waals surface area (Å²) >= 11 is 3.40. The van der Waals surface area contributed by atoms with Crippen molar-refractivity contribution in [3.8, 4) is 0 Å². The molecule has 2 heteroatoms. The summed E-state index contributed by atoms with van der Waals surface area (Å²) in [6, 6.07) is 0. The van der Waals surface area contributed by atoms with Crippen LogP contribution in [0.15, 0.2) is 12.8 Å². The van der Waals surface area contributed by atoms with Crippen LogP contribution in [0.5, 0.6) is 0 Å². The van der Waals surface area contributed by atoms with Gasteiger partial charge < -0.3 is 5.11 Å². The minimum Gasteiger partial charge on any atom is -0.516 e. The number of hydrogen-bond acceptors (Lipinski definition) is 1. The van der Waals surface area contributed by atoms with Gasteiger partial charge in [-0.15, -0.1) is 0 Å². The van der Waals surface area contributed by atoms with Crippen molar-refractivity contribution in [3.63, 3.8) is 0 Å². The van der Waals surface area contributed by atoms with Crippen molar-refractivity contribution < 1.29 is 5.11 Å². The van der Waals surface area contributed by atoms with Crippen LogP contribution in [0.4, 0.5) is 0 Å². The molecule has 0 rings (SSSR count). The maximum atomic E-state index is 7.33. The average molecular weight is 223 g/mol. The van der Waals surface area contributed by atoms with Crippen molar-refractivity contribution in [2.24, 2.45) is 0 Å². The van der Waals surface area contributed by atoms with Gasteiger partial charge in [0.25, 0.3) is 0 Å². The molecule has 0 saturated heterocycles. The summed E-state index contributed by atoms with van der Waals surface area (Å²) in [7, 11) is 0. The zero-order valence-electron chi connectivity index (χ0n) is 7.35. The van der Waals surface area contributed by atoms with E-state index in [2.05, 4.69) is 29.4 Å². The highest BCUT2D eigenvalue weighted by molar-refractivity contribution is 9.09. The second-order valence-electron chi connectivity index (χ2n) is 2.29. The molecule has 0 aliphatic carbocycles. The van der Waals surface area contributed by atoms with Crippen LogP contribution in [-0.2, 0) is 0 Å². The first-order valence-corrected chi connectivity index (χ1v) is 5.26. The fourth-order valence-corrected chi connectivity index (χ4v) is 1.09. The van der Waals surface area contributed by atoms with Gasteiger partial charge in [-0.1, -0.05) is 55.1 Å². The van der Waals surface area contributed by atoms with Crippen molar-refractivity contribution in [3.05, 3.63) is 12.8 Å². The molecule has 0 aromatic carbocycles. The molecule has 0 unspecified atom stereocenters. The van der Waals surface area contributed by atoms with Crippen molar-refractivity contribution in [1.82, 2.24) is 0 Å². The van der Waals surface area contributed by atoms with Crippen LogP contribution in [0.1, 0.15) is 39.0 Å². The van der Waals surface area contributed by atoms with Crippen LogP contribution in [0.25, 0.3) is 0 Å². The first kappa shape index (κ1) is 13.6. The van der Waals surface area contributed by atoms with E-state index in [1.165, 1.54) is 37.4 Å². The predicted octanol–water partition coefficient (Wildman–Crippen LogP) is 4.04. The van der Waals surface area contributed by atoms with E-state index < -0.39 is 0 Å². The van der Waals surface area contributed by atoms with Gasteiger partial charge in [0.2, 0.25) is 0 Å². The monoisotopic (exact) mass is 222 g/mol. The van der Waals surface area contributed by atoms with E-state index in [4.69, 9.17) is 5.11 Å². The molecular weight excluding hydrogens is 204 g/mol. The van der Waals surface area contributed by atoms with Crippen molar-refractivity contribution in [2.75, 3.05) is 5.33 Å². The molecular formula is C9H19BrO. The summed E-state index contributed by atoms with van der Waals surface area (Å²) in [6.45, 7) is 5.16. The fraction of sp³-hybridized carbons (Fsp3) is 0.778. The lowest BCUT2D eigenvalue weighted by Gasteiger charge is -1.93. The van der Waals surface area contributed by atoms with Crippen molar-refractivity contribution in [1.29, 1.82) is 0 Å². The Hall–Kier alpha value is 0.0200. The van der Waals surface area contributed by atoms with Gasteiger partial charge in [-0.05, 0) is 6.42 Å². The normalized spacial score (nSPS) is 8.18. The van der Waals surface area contributed by atoms with Gasteiger partial charge in [0.15, 0.2) is 0 Å². The maximum absolute atomic E-state index is 7.33. The molecule has 0 bridgehead atoms. The zero-order chi connectivity index (χ0) is 8.95. The summed E-state index contributed by atoms with van der Waals surface area (Å²) in [4.78, 5) is 0. The lowest BCUT2D eigenvalue weighted by molar-refractivity contribution is 0.476. The van der Waals surface area contributed by atoms with Crippen LogP contribution in [-0.4, -0.2) is 10.4 Å². The summed E-state index contributed by atoms with van der Waals surface area (Å²) in [5.74, 6) is 0. The molecule has 0 radical (unpaired) electrons. The van der Waals surface area contributed by atoms with Gasteiger partial charge >= 0.3 is 0 Å². The van der Waals surface area contributed by atoms with E-state index >= 15 is 0 Å². The zero-order valence-corrected chi connectivity index (χ0v) is 8.94. The molecule has 11 heavy (non-hydrogen) atoms. The molecule has 0 spiro atoms. The first-order valence-electron chi connectivity index (χ1n) is 4.14. The first-order chi connectivity index (χ1) is 5.33. The average Bonchev–Trinajstić information content (AvgIpc) is 2.00. The Kier molecular flexibility index (Phi) is 20.5. The number of alkyl halides is 1. The Morgan fingerprint density at radius 2 is 1.73 bits per heavy atom. The smallest absolute Gasteiger partial charge is 0.0719 e. The predicted molar refractivity (Wildman–Crippen MR) is 55.4 cm³/mol. The third-order valence-corrected chi connectivity index (χ3v) is 1.80. The number of rotatable bonds is 5. The molecule has 0 aliphatic heterocycles. The van der Waals surface area contributed by atoms with Gasteiger partial charge in [0.1, 0.15) is 0 Å². The maximum Gasteiger partial charge on any atom is 0.0719 e. The lowest BCUT2D eigenvalue weighted by Crippen LogP contribution is -1.76. The van der Waals surface area contributed by atoms with Crippen LogP contribution < -0.4 is 0 Å². The summed E-state index contributed by atoms with van der Waals surface area (Å²) < 4.78 is 0. The van der Waals surface area contributed by atoms with E-state index in [1.54, 1.807) is 0 Å². The molecule has 0 atom stereocenters. The Bertz CT molecular complexity index is 58.6. The highest BCUT2D eigenvalue weighted by Crippen LogP contribution is 2.03. The molecule has 68 valence electrons. The molecule has 0 amide bonds. The molecule has 0 fully saturated rings. The lowest BCUT2D eigenvalue weighted by atomic mass is 10.2. The third kappa shape index (κ3) is 25.6. The van der Waals surface area contributed by atoms with Crippen LogP contribution in [0, 0.1) is 0 Å². The van der Waals surface area contributed by atoms with E-state index in [9.17, 15) is 0 Å². The van der Waals surface area contributed by atoms with Gasteiger partial charge in [-0.3, -0.25) is 0 Å². The highest BCUT2D eigenvalue weighted by Gasteiger charge is 1.84. The Morgan fingerprint density at radius 3 is 2.09 bits per heavy atom. The number of hydrogen-bond donors (Lipinski definition) is 1. The second-order valence-corrected chi connectivity index (χ2v) is 3.08. The molecule has 0 heterocycles. The standard InChI is InChI=1S/C7H15Br.C2H4O/c1-2-3-4-5-6-7-8;1-2-3/h2-7H2,1H3;2-3H,1H2. The summed E-state index contributed by atoms with van der Waals surface area (Å²) in [5, 5.41) is 8.51. The van der Waals surface area contributed by atoms with Gasteiger partial charge in [0.05, 0.1) is 6.26 Å². The molecule has 1 N–H and O–H groups in total. The minimum atomic E-state index is 0.750. The van der Waals surface area contributed by atoms with Crippen LogP contribution in [0.2, 0.25) is 0 Å². The molecule has 1 nitrogen and oxygen atoms in total. The van der Waals surface area contributed by atoms with Crippen LogP contribution >= 0.6 is 15.9 Å². The fourth-order valence-electron chi connectivity index (χ4n) is 0.698. The summed E-state index contributed by atoms with van der Waals surface area (Å²) in [5.41, 5.74) is 0. The number of unbranched alkanes of at least 4 members (excludes halogenated alkanes) is 4. The second kappa shape index (κ2) is 16.5. The number of aliphatic hydroxyl groups is 1. The number of aliphatic hydroxyl groups excluding tert-OH is 1. The van der Waals surface area contributed by atoms with E-state index in [0.29, 0.717) is 0 Å². The highest BCUT2D eigenvalue weighted by atomic mass is 79.9. The minimum absolute atomic E-state index is 0.750. The van der Waals surface area contributed by atoms with Gasteiger partial charge in [-0.2, -0.15) is 0 Å². The Labute approximate surface area is 78.6 Å². The topological polar surface area (TPSA) is 20.2 Å². The SMILES string of the molecule is C=CO.CCCCCCCBr. The Morgan fingerprint density at radius 1 is 1.27 bits per heavy atom. The van der Waals surface area contributed by atoms with Gasteiger partial charge in [-0.25, -0.2) is 0 Å². The third-order valence-electron chi connectivity index (χ3n) is 1.24. The quantitative estimate of drug-likeness (QED) is 0.423. The largest absolute Gasteiger partial charge is 0.516 e. The molecule has 0 aliphatic rings. The van der Waals surface area contributed by atoms with Gasteiger partial charge in [0, 0.05) is 5.33 Å². The molecule has 0 aromatic heterocycles. The van der Waals surface area contributed by atoms with Crippen molar-refractivity contribution in [2.45, 2.75) is 39.0 Å². The van der Waals surface area contributed by atoms with Crippen molar-refractivity contribution >= 4 is 15.9 Å². The molecule has 0 saturated carbocycles. The Balaban J connectivity index is 0. The van der Waals surface area contributed by atoms with E-state index in [1.807, 2.05) is 0 Å². The summed E-state index contributed by atoms with van der Waals surface area (Å²) in [6.07, 6.45) is 7.68. The molecule has 0 aromatic rings. The number of halogens is 1. The van der Waals surface area contributed by atoms with Crippen LogP contribution in [0.3, 0.4) is 0 Å².